The van der Waals surface area contributed by atoms with Gasteiger partial charge in [-0.05, 0) is 79.2 Å². The van der Waals surface area contributed by atoms with Gasteiger partial charge in [0, 0.05) is 17.1 Å². The molecule has 3 aromatic carbocycles. The molecule has 0 aromatic heterocycles. The van der Waals surface area contributed by atoms with Gasteiger partial charge >= 0.3 is 0 Å². The largest absolute Gasteiger partial charge is 0.356 e. The fourth-order valence-corrected chi connectivity index (χ4v) is 3.73. The van der Waals surface area contributed by atoms with Crippen molar-refractivity contribution in [1.29, 1.82) is 0 Å². The number of nitrogens with one attached hydrogen (secondary N) is 2. The SMILES string of the molecule is Cc1cc(F)ccc1S(=O)(=O)Nc1ccc(Nc2ccc(F)cc2)cc1. The van der Waals surface area contributed by atoms with Crippen molar-refractivity contribution < 1.29 is 17.2 Å². The second-order valence-corrected chi connectivity index (χ2v) is 7.38. The van der Waals surface area contributed by atoms with E-state index >= 15 is 0 Å². The van der Waals surface area contributed by atoms with Gasteiger partial charge in [0.05, 0.1) is 4.90 Å². The Labute approximate surface area is 150 Å². The lowest BCUT2D eigenvalue weighted by Crippen LogP contribution is -2.14. The molecule has 0 unspecified atom stereocenters. The molecule has 2 N–H and O–H groups in total. The van der Waals surface area contributed by atoms with E-state index in [1.165, 1.54) is 31.2 Å². The van der Waals surface area contributed by atoms with Crippen molar-refractivity contribution in [3.8, 4) is 0 Å². The third kappa shape index (κ3) is 4.18. The Morgan fingerprint density at radius 1 is 0.731 bits per heavy atom. The highest BCUT2D eigenvalue weighted by molar-refractivity contribution is 7.92. The normalized spacial score (nSPS) is 11.2. The quantitative estimate of drug-likeness (QED) is 0.673. The Kier molecular flexibility index (Phi) is 4.90. The maximum Gasteiger partial charge on any atom is 0.262 e. The van der Waals surface area contributed by atoms with E-state index < -0.39 is 15.8 Å². The zero-order chi connectivity index (χ0) is 18.7. The maximum atomic E-state index is 13.2. The maximum absolute atomic E-state index is 13.2. The van der Waals surface area contributed by atoms with Gasteiger partial charge in [0.15, 0.2) is 0 Å². The van der Waals surface area contributed by atoms with Crippen molar-refractivity contribution in [2.24, 2.45) is 0 Å². The first-order valence-electron chi connectivity index (χ1n) is 7.75. The van der Waals surface area contributed by atoms with E-state index in [4.69, 9.17) is 0 Å². The summed E-state index contributed by atoms with van der Waals surface area (Å²) in [5.74, 6) is -0.811. The molecule has 0 aliphatic rings. The summed E-state index contributed by atoms with van der Waals surface area (Å²) in [6.45, 7) is 1.54. The minimum Gasteiger partial charge on any atom is -0.356 e. The molecule has 0 atom stereocenters. The number of aryl methyl sites for hydroxylation is 1. The summed E-state index contributed by atoms with van der Waals surface area (Å²) in [6, 6.07) is 16.0. The topological polar surface area (TPSA) is 58.2 Å². The van der Waals surface area contributed by atoms with Crippen molar-refractivity contribution in [2.45, 2.75) is 11.8 Å². The third-order valence-electron chi connectivity index (χ3n) is 3.70. The van der Waals surface area contributed by atoms with Crippen LogP contribution in [-0.2, 0) is 10.0 Å². The summed E-state index contributed by atoms with van der Waals surface area (Å²) in [5, 5.41) is 3.08. The molecule has 0 aliphatic carbocycles. The predicted octanol–water partition coefficient (Wildman–Crippen LogP) is 4.82. The Hall–Kier alpha value is -2.93. The molecule has 0 radical (unpaired) electrons. The van der Waals surface area contributed by atoms with Crippen molar-refractivity contribution >= 4 is 27.1 Å². The lowest BCUT2D eigenvalue weighted by atomic mass is 10.2. The summed E-state index contributed by atoms with van der Waals surface area (Å²) < 4.78 is 53.5. The smallest absolute Gasteiger partial charge is 0.262 e. The van der Waals surface area contributed by atoms with Crippen LogP contribution in [0.5, 0.6) is 0 Å². The molecule has 7 heteroatoms. The molecule has 0 saturated carbocycles. The van der Waals surface area contributed by atoms with Gasteiger partial charge in [-0.15, -0.1) is 0 Å². The van der Waals surface area contributed by atoms with Crippen LogP contribution in [0.1, 0.15) is 5.56 Å². The van der Waals surface area contributed by atoms with E-state index in [9.17, 15) is 17.2 Å². The molecule has 0 spiro atoms. The van der Waals surface area contributed by atoms with Crippen molar-refractivity contribution in [1.82, 2.24) is 0 Å². The fourth-order valence-electron chi connectivity index (χ4n) is 2.45. The summed E-state index contributed by atoms with van der Waals surface area (Å²) in [5.41, 5.74) is 2.13. The second kappa shape index (κ2) is 7.13. The molecular weight excluding hydrogens is 358 g/mol. The van der Waals surface area contributed by atoms with Gasteiger partial charge in [0.2, 0.25) is 0 Å². The highest BCUT2D eigenvalue weighted by Crippen LogP contribution is 2.23. The highest BCUT2D eigenvalue weighted by atomic mass is 32.2. The zero-order valence-electron chi connectivity index (χ0n) is 13.8. The van der Waals surface area contributed by atoms with Crippen LogP contribution >= 0.6 is 0 Å². The van der Waals surface area contributed by atoms with Crippen LogP contribution in [0.4, 0.5) is 25.8 Å². The molecule has 0 fully saturated rings. The monoisotopic (exact) mass is 374 g/mol. The molecule has 0 amide bonds. The standard InChI is InChI=1S/C19H16F2N2O2S/c1-13-12-15(21)4-11-19(13)26(24,25)23-18-9-7-17(8-10-18)22-16-5-2-14(20)3-6-16/h2-12,22-23H,1H3. The van der Waals surface area contributed by atoms with Crippen LogP contribution in [0.25, 0.3) is 0 Å². The van der Waals surface area contributed by atoms with E-state index in [0.717, 1.165) is 11.8 Å². The first-order valence-corrected chi connectivity index (χ1v) is 9.23. The van der Waals surface area contributed by atoms with Gasteiger partial charge in [0.25, 0.3) is 10.0 Å². The van der Waals surface area contributed by atoms with Gasteiger partial charge in [-0.25, -0.2) is 17.2 Å². The Morgan fingerprint density at radius 2 is 1.23 bits per heavy atom. The molecule has 0 bridgehead atoms. The van der Waals surface area contributed by atoms with Crippen LogP contribution in [0, 0.1) is 18.6 Å². The van der Waals surface area contributed by atoms with Crippen molar-refractivity contribution in [2.75, 3.05) is 10.0 Å². The van der Waals surface area contributed by atoms with Gasteiger partial charge in [-0.2, -0.15) is 0 Å². The molecular formula is C19H16F2N2O2S. The first-order chi connectivity index (χ1) is 12.3. The predicted molar refractivity (Wildman–Crippen MR) is 98.1 cm³/mol. The minimum atomic E-state index is -3.82. The molecule has 0 aliphatic heterocycles. The van der Waals surface area contributed by atoms with Gasteiger partial charge in [-0.1, -0.05) is 0 Å². The Bertz CT molecular complexity index is 1020. The van der Waals surface area contributed by atoms with Gasteiger partial charge < -0.3 is 5.32 Å². The van der Waals surface area contributed by atoms with Crippen molar-refractivity contribution in [3.05, 3.63) is 83.9 Å². The van der Waals surface area contributed by atoms with E-state index in [2.05, 4.69) is 10.0 Å². The molecule has 26 heavy (non-hydrogen) atoms. The number of hydrogen-bond donors (Lipinski definition) is 2. The van der Waals surface area contributed by atoms with Gasteiger partial charge in [-0.3, -0.25) is 4.72 Å². The van der Waals surface area contributed by atoms with Crippen LogP contribution < -0.4 is 10.0 Å². The number of benzene rings is 3. The van der Waals surface area contributed by atoms with Crippen molar-refractivity contribution in [3.63, 3.8) is 0 Å². The van der Waals surface area contributed by atoms with E-state index in [-0.39, 0.29) is 10.7 Å². The minimum absolute atomic E-state index is 0.0208. The second-order valence-electron chi connectivity index (χ2n) is 5.72. The number of sulfonamides is 1. The zero-order valence-corrected chi connectivity index (χ0v) is 14.6. The number of anilines is 3. The Morgan fingerprint density at radius 3 is 1.81 bits per heavy atom. The molecule has 3 aromatic rings. The summed E-state index contributed by atoms with van der Waals surface area (Å²) in [6.07, 6.45) is 0. The average molecular weight is 374 g/mol. The summed E-state index contributed by atoms with van der Waals surface area (Å²) in [7, 11) is -3.82. The molecule has 0 saturated heterocycles. The number of halogens is 2. The highest BCUT2D eigenvalue weighted by Gasteiger charge is 2.17. The summed E-state index contributed by atoms with van der Waals surface area (Å²) in [4.78, 5) is 0.0208. The molecule has 3 rings (SSSR count). The van der Waals surface area contributed by atoms with Crippen LogP contribution in [-0.4, -0.2) is 8.42 Å². The molecule has 0 heterocycles. The average Bonchev–Trinajstić information content (AvgIpc) is 2.58. The fraction of sp³-hybridized carbons (Fsp3) is 0.0526. The van der Waals surface area contributed by atoms with E-state index in [1.54, 1.807) is 36.4 Å². The number of hydrogen-bond acceptors (Lipinski definition) is 3. The Balaban J connectivity index is 1.75. The lowest BCUT2D eigenvalue weighted by Gasteiger charge is -2.11. The molecule has 134 valence electrons. The van der Waals surface area contributed by atoms with E-state index in [1.807, 2.05) is 0 Å². The molecule has 4 nitrogen and oxygen atoms in total. The number of rotatable bonds is 5. The van der Waals surface area contributed by atoms with E-state index in [0.29, 0.717) is 16.9 Å². The van der Waals surface area contributed by atoms with Crippen LogP contribution in [0.2, 0.25) is 0 Å². The third-order valence-corrected chi connectivity index (χ3v) is 5.24. The van der Waals surface area contributed by atoms with Crippen LogP contribution in [0.15, 0.2) is 71.6 Å². The van der Waals surface area contributed by atoms with Gasteiger partial charge in [0.1, 0.15) is 11.6 Å². The first kappa shape index (κ1) is 17.9. The van der Waals surface area contributed by atoms with Crippen LogP contribution in [0.3, 0.4) is 0 Å². The summed E-state index contributed by atoms with van der Waals surface area (Å²) >= 11 is 0. The lowest BCUT2D eigenvalue weighted by molar-refractivity contribution is 0.598.